The van der Waals surface area contributed by atoms with Crippen molar-refractivity contribution in [3.8, 4) is 11.1 Å². The average molecular weight is 261 g/mol. The quantitative estimate of drug-likeness (QED) is 0.696. The van der Waals surface area contributed by atoms with Crippen molar-refractivity contribution in [2.24, 2.45) is 0 Å². The van der Waals surface area contributed by atoms with E-state index in [9.17, 15) is 0 Å². The molecule has 0 aromatic heterocycles. The Balaban J connectivity index is 2.63. The molecule has 0 N–H and O–H groups in total. The van der Waals surface area contributed by atoms with Crippen LogP contribution in [0.2, 0.25) is 0 Å². The molecule has 0 spiro atoms. The Bertz CT molecular complexity index is 472. The number of halogens is 1. The number of hydrogen-bond acceptors (Lipinski definition) is 0. The van der Waals surface area contributed by atoms with Crippen molar-refractivity contribution in [1.82, 2.24) is 0 Å². The minimum Gasteiger partial charge on any atom is -0.0622 e. The molecule has 0 amide bonds. The summed E-state index contributed by atoms with van der Waals surface area (Å²) in [5.41, 5.74) is 5.12. The Kier molecular flexibility index (Phi) is 2.92. The van der Waals surface area contributed by atoms with Gasteiger partial charge in [-0.15, -0.1) is 0 Å². The van der Waals surface area contributed by atoms with Gasteiger partial charge in [0.2, 0.25) is 0 Å². The van der Waals surface area contributed by atoms with Crippen molar-refractivity contribution in [1.29, 1.82) is 0 Å². The molecular weight excluding hydrogens is 248 g/mol. The lowest BCUT2D eigenvalue weighted by atomic mass is 10.0. The maximum absolute atomic E-state index is 3.65. The highest BCUT2D eigenvalue weighted by molar-refractivity contribution is 9.10. The highest BCUT2D eigenvalue weighted by Crippen LogP contribution is 2.31. The molecular formula is C14H13Br. The van der Waals surface area contributed by atoms with Gasteiger partial charge in [-0.25, -0.2) is 0 Å². The van der Waals surface area contributed by atoms with Crippen molar-refractivity contribution < 1.29 is 0 Å². The third-order valence-corrected chi connectivity index (χ3v) is 3.54. The van der Waals surface area contributed by atoms with E-state index in [0.29, 0.717) is 0 Å². The van der Waals surface area contributed by atoms with Crippen molar-refractivity contribution in [2.75, 3.05) is 0 Å². The Hall–Kier alpha value is -1.08. The summed E-state index contributed by atoms with van der Waals surface area (Å²) >= 11 is 3.65. The highest BCUT2D eigenvalue weighted by atomic mass is 79.9. The highest BCUT2D eigenvalue weighted by Gasteiger charge is 2.05. The number of rotatable bonds is 1. The molecule has 2 rings (SSSR count). The molecule has 76 valence electrons. The largest absolute Gasteiger partial charge is 0.0622 e. The minimum atomic E-state index is 1.19. The van der Waals surface area contributed by atoms with E-state index in [1.807, 2.05) is 6.07 Å². The van der Waals surface area contributed by atoms with Gasteiger partial charge in [-0.1, -0.05) is 48.0 Å². The van der Waals surface area contributed by atoms with Gasteiger partial charge in [-0.3, -0.25) is 0 Å². The second-order valence-corrected chi connectivity index (χ2v) is 4.60. The summed E-state index contributed by atoms with van der Waals surface area (Å²) in [7, 11) is 0. The third-order valence-electron chi connectivity index (χ3n) is 2.48. The second-order valence-electron chi connectivity index (χ2n) is 3.81. The van der Waals surface area contributed by atoms with E-state index in [0.717, 1.165) is 0 Å². The first kappa shape index (κ1) is 10.4. The van der Waals surface area contributed by atoms with Crippen LogP contribution in [-0.4, -0.2) is 0 Å². The summed E-state index contributed by atoms with van der Waals surface area (Å²) in [4.78, 5) is 0. The van der Waals surface area contributed by atoms with Gasteiger partial charge in [0.15, 0.2) is 0 Å². The first-order valence-electron chi connectivity index (χ1n) is 5.00. The van der Waals surface area contributed by atoms with Gasteiger partial charge in [-0.05, 0) is 46.5 Å². The van der Waals surface area contributed by atoms with Crippen LogP contribution in [0.4, 0.5) is 0 Å². The molecule has 1 heteroatoms. The summed E-state index contributed by atoms with van der Waals surface area (Å²) in [6.45, 7) is 4.26. The molecule has 15 heavy (non-hydrogen) atoms. The van der Waals surface area contributed by atoms with Crippen LogP contribution in [0, 0.1) is 13.8 Å². The van der Waals surface area contributed by atoms with Crippen molar-refractivity contribution in [3.05, 3.63) is 58.1 Å². The van der Waals surface area contributed by atoms with E-state index in [4.69, 9.17) is 0 Å². The zero-order chi connectivity index (χ0) is 10.8. The van der Waals surface area contributed by atoms with Gasteiger partial charge in [-0.2, -0.15) is 0 Å². The molecule has 0 saturated heterocycles. The van der Waals surface area contributed by atoms with Crippen LogP contribution < -0.4 is 0 Å². The second kappa shape index (κ2) is 4.19. The molecule has 0 aliphatic carbocycles. The minimum absolute atomic E-state index is 1.19. The Morgan fingerprint density at radius 2 is 1.60 bits per heavy atom. The zero-order valence-electron chi connectivity index (χ0n) is 8.92. The first-order valence-corrected chi connectivity index (χ1v) is 5.80. The van der Waals surface area contributed by atoms with Crippen molar-refractivity contribution in [3.63, 3.8) is 0 Å². The number of hydrogen-bond donors (Lipinski definition) is 0. The summed E-state index contributed by atoms with van der Waals surface area (Å²) in [6, 6.07) is 14.9. The lowest BCUT2D eigenvalue weighted by molar-refractivity contribution is 1.36. The van der Waals surface area contributed by atoms with Gasteiger partial charge in [0.25, 0.3) is 0 Å². The SMILES string of the molecule is Cc1cc(C)c(Br)c(-c2ccccc2)c1. The van der Waals surface area contributed by atoms with Gasteiger partial charge < -0.3 is 0 Å². The van der Waals surface area contributed by atoms with E-state index in [2.05, 4.69) is 66.2 Å². The lowest BCUT2D eigenvalue weighted by Gasteiger charge is -2.09. The van der Waals surface area contributed by atoms with E-state index < -0.39 is 0 Å². The molecule has 0 aliphatic rings. The Morgan fingerprint density at radius 3 is 2.27 bits per heavy atom. The maximum atomic E-state index is 3.65. The van der Waals surface area contributed by atoms with Crippen molar-refractivity contribution in [2.45, 2.75) is 13.8 Å². The van der Waals surface area contributed by atoms with Gasteiger partial charge in [0.05, 0.1) is 0 Å². The van der Waals surface area contributed by atoms with Crippen LogP contribution in [0.25, 0.3) is 11.1 Å². The fourth-order valence-corrected chi connectivity index (χ4v) is 2.24. The third kappa shape index (κ3) is 2.13. The summed E-state index contributed by atoms with van der Waals surface area (Å²) in [5, 5.41) is 0. The van der Waals surface area contributed by atoms with Crippen LogP contribution in [-0.2, 0) is 0 Å². The molecule has 0 bridgehead atoms. The summed E-state index contributed by atoms with van der Waals surface area (Å²) in [5.74, 6) is 0. The summed E-state index contributed by atoms with van der Waals surface area (Å²) < 4.78 is 1.19. The van der Waals surface area contributed by atoms with E-state index >= 15 is 0 Å². The molecule has 2 aromatic carbocycles. The summed E-state index contributed by atoms with van der Waals surface area (Å²) in [6.07, 6.45) is 0. The van der Waals surface area contributed by atoms with Gasteiger partial charge >= 0.3 is 0 Å². The van der Waals surface area contributed by atoms with Crippen LogP contribution in [0.5, 0.6) is 0 Å². The van der Waals surface area contributed by atoms with Crippen LogP contribution >= 0.6 is 15.9 Å². The Labute approximate surface area is 99.1 Å². The van der Waals surface area contributed by atoms with Crippen LogP contribution in [0.1, 0.15) is 11.1 Å². The average Bonchev–Trinajstić information content (AvgIpc) is 2.24. The molecule has 0 saturated carbocycles. The molecule has 0 radical (unpaired) electrons. The Morgan fingerprint density at radius 1 is 0.933 bits per heavy atom. The monoisotopic (exact) mass is 260 g/mol. The molecule has 0 atom stereocenters. The molecule has 0 unspecified atom stereocenters. The normalized spacial score (nSPS) is 10.3. The molecule has 0 aliphatic heterocycles. The fourth-order valence-electron chi connectivity index (χ4n) is 1.78. The lowest BCUT2D eigenvalue weighted by Crippen LogP contribution is -1.85. The number of benzene rings is 2. The predicted molar refractivity (Wildman–Crippen MR) is 69.1 cm³/mol. The number of aryl methyl sites for hydroxylation is 2. The molecule has 0 heterocycles. The van der Waals surface area contributed by atoms with E-state index in [1.54, 1.807) is 0 Å². The fraction of sp³-hybridized carbons (Fsp3) is 0.143. The standard InChI is InChI=1S/C14H13Br/c1-10-8-11(2)14(15)13(9-10)12-6-4-3-5-7-12/h3-9H,1-2H3. The first-order chi connectivity index (χ1) is 7.18. The molecule has 0 nitrogen and oxygen atoms in total. The molecule has 2 aromatic rings. The maximum Gasteiger partial charge on any atom is 0.0283 e. The van der Waals surface area contributed by atoms with Crippen molar-refractivity contribution >= 4 is 15.9 Å². The van der Waals surface area contributed by atoms with E-state index in [-0.39, 0.29) is 0 Å². The van der Waals surface area contributed by atoms with Crippen LogP contribution in [0.3, 0.4) is 0 Å². The van der Waals surface area contributed by atoms with Crippen LogP contribution in [0.15, 0.2) is 46.9 Å². The predicted octanol–water partition coefficient (Wildman–Crippen LogP) is 4.73. The van der Waals surface area contributed by atoms with E-state index in [1.165, 1.54) is 26.7 Å². The van der Waals surface area contributed by atoms with Gasteiger partial charge in [0.1, 0.15) is 0 Å². The molecule has 0 fully saturated rings. The van der Waals surface area contributed by atoms with Gasteiger partial charge in [0, 0.05) is 4.47 Å². The smallest absolute Gasteiger partial charge is 0.0283 e. The zero-order valence-corrected chi connectivity index (χ0v) is 10.5. The topological polar surface area (TPSA) is 0 Å².